The lowest BCUT2D eigenvalue weighted by molar-refractivity contribution is 0.132. The molecule has 0 aromatic carbocycles. The van der Waals surface area contributed by atoms with Gasteiger partial charge in [-0.1, -0.05) is 12.7 Å². The van der Waals surface area contributed by atoms with Gasteiger partial charge >= 0.3 is 17.6 Å². The normalized spacial score (nSPS) is 14.8. The van der Waals surface area contributed by atoms with Crippen LogP contribution in [0.4, 0.5) is 0 Å². The molecule has 0 unspecified atom stereocenters. The number of hydrogen-bond donors (Lipinski definition) is 0. The van der Waals surface area contributed by atoms with Crippen molar-refractivity contribution in [1.29, 1.82) is 0 Å². The molecule has 0 atom stereocenters. The molecule has 0 aliphatic heterocycles. The lowest BCUT2D eigenvalue weighted by Gasteiger charge is -2.30. The van der Waals surface area contributed by atoms with Crippen molar-refractivity contribution in [3.8, 4) is 0 Å². The molecule has 0 aromatic rings. The maximum Gasteiger partial charge on any atom is 0.531 e. The molecule has 118 valence electrons. The highest BCUT2D eigenvalue weighted by Gasteiger charge is 2.44. The van der Waals surface area contributed by atoms with Crippen LogP contribution in [0.15, 0.2) is 23.6 Å². The van der Waals surface area contributed by atoms with Crippen molar-refractivity contribution < 1.29 is 26.6 Å². The third kappa shape index (κ3) is 4.60. The summed E-state index contributed by atoms with van der Waals surface area (Å²) < 4.78 is 30.7. The Labute approximate surface area is 124 Å². The molecule has 0 saturated carbocycles. The zero-order chi connectivity index (χ0) is 15.6. The van der Waals surface area contributed by atoms with Gasteiger partial charge in [-0.2, -0.15) is 0 Å². The minimum absolute atomic E-state index is 1.06. The van der Waals surface area contributed by atoms with Crippen molar-refractivity contribution in [2.24, 2.45) is 0 Å². The summed E-state index contributed by atoms with van der Waals surface area (Å²) in [6, 6.07) is 0. The predicted molar refractivity (Wildman–Crippen MR) is 81.1 cm³/mol. The Kier molecular flexibility index (Phi) is 9.42. The van der Waals surface area contributed by atoms with E-state index in [2.05, 4.69) is 12.7 Å². The van der Waals surface area contributed by atoms with Gasteiger partial charge in [0.15, 0.2) is 0 Å². The van der Waals surface area contributed by atoms with E-state index in [9.17, 15) is 0 Å². The third-order valence-electron chi connectivity index (χ3n) is 3.11. The smallest absolute Gasteiger partial charge is 0.374 e. The van der Waals surface area contributed by atoms with Crippen LogP contribution in [0.25, 0.3) is 0 Å². The first-order valence-corrected chi connectivity index (χ1v) is 9.70. The van der Waals surface area contributed by atoms with E-state index in [-0.39, 0.29) is 0 Å². The van der Waals surface area contributed by atoms with Gasteiger partial charge in [0.25, 0.3) is 0 Å². The maximum absolute atomic E-state index is 5.27. The van der Waals surface area contributed by atoms with Crippen LogP contribution >= 0.6 is 0 Å². The van der Waals surface area contributed by atoms with Crippen LogP contribution in [0.1, 0.15) is 12.8 Å². The van der Waals surface area contributed by atoms with Crippen molar-refractivity contribution >= 4 is 17.6 Å². The second kappa shape index (κ2) is 9.58. The van der Waals surface area contributed by atoms with Gasteiger partial charge in [0.05, 0.1) is 0 Å². The molecule has 0 bridgehead atoms. The van der Waals surface area contributed by atoms with Crippen LogP contribution in [0, 0.1) is 0 Å². The largest absolute Gasteiger partial charge is 0.531 e. The molecule has 0 spiro atoms. The highest BCUT2D eigenvalue weighted by molar-refractivity contribution is 6.69. The first-order valence-electron chi connectivity index (χ1n) is 6.17. The van der Waals surface area contributed by atoms with Crippen LogP contribution in [-0.2, 0) is 26.6 Å². The summed E-state index contributed by atoms with van der Waals surface area (Å²) >= 11 is 0. The molecule has 1 aliphatic carbocycles. The highest BCUT2D eigenvalue weighted by Crippen LogP contribution is 2.29. The third-order valence-corrected chi connectivity index (χ3v) is 8.17. The zero-order valence-electron chi connectivity index (χ0n) is 13.2. The number of allylic oxidation sites excluding steroid dienone is 2. The van der Waals surface area contributed by atoms with E-state index in [0.717, 1.165) is 12.8 Å². The first-order chi connectivity index (χ1) is 9.53. The maximum atomic E-state index is 5.27. The molecule has 0 heterocycles. The van der Waals surface area contributed by atoms with E-state index in [1.807, 2.05) is 0 Å². The highest BCUT2D eigenvalue weighted by atomic mass is 28.4. The van der Waals surface area contributed by atoms with Crippen LogP contribution in [0.3, 0.4) is 0 Å². The van der Waals surface area contributed by atoms with Crippen LogP contribution in [-0.4, -0.2) is 60.3 Å². The summed E-state index contributed by atoms with van der Waals surface area (Å²) in [5, 5.41) is 1.21. The molecule has 20 heavy (non-hydrogen) atoms. The standard InChI is InChI=1S/C7H14O3Si.C5H12O3Si/c1-8-11(9-2,10-3)7-5-4-6-7;1-5-9(6-2,7-3)8-4/h5H,4,6H2,1-3H3;5H,1H2,2-4H3. The number of hydrogen-bond acceptors (Lipinski definition) is 6. The van der Waals surface area contributed by atoms with Gasteiger partial charge in [-0.3, -0.25) is 0 Å². The molecule has 0 radical (unpaired) electrons. The molecular formula is C12H26O6Si2. The molecule has 0 N–H and O–H groups in total. The fourth-order valence-electron chi connectivity index (χ4n) is 1.71. The summed E-state index contributed by atoms with van der Waals surface area (Å²) in [5.41, 5.74) is 1.58. The van der Waals surface area contributed by atoms with Gasteiger partial charge in [0.2, 0.25) is 0 Å². The number of rotatable bonds is 8. The van der Waals surface area contributed by atoms with E-state index < -0.39 is 17.6 Å². The van der Waals surface area contributed by atoms with E-state index in [4.69, 9.17) is 26.6 Å². The van der Waals surface area contributed by atoms with E-state index >= 15 is 0 Å². The molecular weight excluding hydrogens is 296 g/mol. The van der Waals surface area contributed by atoms with Crippen LogP contribution < -0.4 is 0 Å². The van der Waals surface area contributed by atoms with Crippen molar-refractivity contribution in [2.75, 3.05) is 42.7 Å². The minimum atomic E-state index is -2.43. The Hall–Kier alpha value is -0.326. The Balaban J connectivity index is 0.000000370. The van der Waals surface area contributed by atoms with Crippen molar-refractivity contribution in [3.63, 3.8) is 0 Å². The van der Waals surface area contributed by atoms with E-state index in [1.165, 1.54) is 5.20 Å². The molecule has 0 fully saturated rings. The summed E-state index contributed by atoms with van der Waals surface area (Å²) in [5.74, 6) is 0. The molecule has 1 rings (SSSR count). The zero-order valence-corrected chi connectivity index (χ0v) is 15.2. The monoisotopic (exact) mass is 322 g/mol. The average molecular weight is 323 g/mol. The quantitative estimate of drug-likeness (QED) is 0.634. The topological polar surface area (TPSA) is 55.4 Å². The summed E-state index contributed by atoms with van der Waals surface area (Å²) in [6.07, 6.45) is 4.31. The van der Waals surface area contributed by atoms with Gasteiger partial charge in [0, 0.05) is 42.7 Å². The van der Waals surface area contributed by atoms with Gasteiger partial charge in [-0.05, 0) is 23.7 Å². The molecule has 0 aromatic heterocycles. The second-order valence-corrected chi connectivity index (χ2v) is 9.68. The molecule has 8 heteroatoms. The van der Waals surface area contributed by atoms with E-state index in [0.29, 0.717) is 0 Å². The Bertz CT molecular complexity index is 297. The lowest BCUT2D eigenvalue weighted by atomic mass is 10.1. The lowest BCUT2D eigenvalue weighted by Crippen LogP contribution is -2.46. The fraction of sp³-hybridized carbons (Fsp3) is 0.667. The van der Waals surface area contributed by atoms with Gasteiger partial charge in [0.1, 0.15) is 0 Å². The summed E-state index contributed by atoms with van der Waals surface area (Å²) in [4.78, 5) is 0. The molecule has 6 nitrogen and oxygen atoms in total. The van der Waals surface area contributed by atoms with Crippen LogP contribution in [0.2, 0.25) is 0 Å². The first kappa shape index (κ1) is 19.7. The van der Waals surface area contributed by atoms with Gasteiger partial charge in [-0.15, -0.1) is 0 Å². The SMILES string of the molecule is C=C[Si](OC)(OC)OC.CO[Si](OC)(OC)C1=CCC1. The Morgan fingerprint density at radius 3 is 1.35 bits per heavy atom. The molecule has 0 amide bonds. The predicted octanol–water partition coefficient (Wildman–Crippen LogP) is 1.71. The minimum Gasteiger partial charge on any atom is -0.374 e. The fourth-order valence-corrected chi connectivity index (χ4v) is 4.84. The van der Waals surface area contributed by atoms with Gasteiger partial charge in [-0.25, -0.2) is 0 Å². The van der Waals surface area contributed by atoms with Crippen LogP contribution in [0.5, 0.6) is 0 Å². The summed E-state index contributed by atoms with van der Waals surface area (Å²) in [7, 11) is 4.74. The molecule has 1 aliphatic rings. The van der Waals surface area contributed by atoms with E-state index in [1.54, 1.807) is 48.4 Å². The van der Waals surface area contributed by atoms with Crippen molar-refractivity contribution in [3.05, 3.63) is 23.6 Å². The van der Waals surface area contributed by atoms with Crippen molar-refractivity contribution in [2.45, 2.75) is 12.8 Å². The second-order valence-electron chi connectivity index (χ2n) is 3.86. The Morgan fingerprint density at radius 2 is 1.30 bits per heavy atom. The van der Waals surface area contributed by atoms with Gasteiger partial charge < -0.3 is 26.6 Å². The van der Waals surface area contributed by atoms with Crippen molar-refractivity contribution in [1.82, 2.24) is 0 Å². The Morgan fingerprint density at radius 1 is 0.900 bits per heavy atom. The average Bonchev–Trinajstić information content (AvgIpc) is 2.46. The summed E-state index contributed by atoms with van der Waals surface area (Å²) in [6.45, 7) is 3.53. The molecule has 0 saturated heterocycles.